The van der Waals surface area contributed by atoms with E-state index in [0.717, 1.165) is 36.2 Å². The number of hydrogen-bond acceptors (Lipinski definition) is 4. The smallest absolute Gasteiger partial charge is 0.274 e. The van der Waals surface area contributed by atoms with Gasteiger partial charge in [-0.1, -0.05) is 0 Å². The van der Waals surface area contributed by atoms with Crippen LogP contribution >= 0.6 is 0 Å². The van der Waals surface area contributed by atoms with Gasteiger partial charge in [0, 0.05) is 36.7 Å². The van der Waals surface area contributed by atoms with Gasteiger partial charge in [0.1, 0.15) is 5.69 Å². The van der Waals surface area contributed by atoms with E-state index in [0.29, 0.717) is 31.2 Å². The summed E-state index contributed by atoms with van der Waals surface area (Å²) >= 11 is 0. The highest BCUT2D eigenvalue weighted by molar-refractivity contribution is 5.93. The van der Waals surface area contributed by atoms with Gasteiger partial charge >= 0.3 is 0 Å². The standard InChI is InChI=1S/C18H21N5O2/c24-17-6-13-2-1-3-14(13)21-23(17)10-11-8-22(9-11)18(25)16-7-15(19-20-16)12-4-5-12/h6-7,11-12H,1-5,8-10H2,(H,19,20). The number of amides is 1. The second kappa shape index (κ2) is 5.54. The van der Waals surface area contributed by atoms with Crippen LogP contribution in [0.25, 0.3) is 0 Å². The molecule has 0 radical (unpaired) electrons. The molecule has 1 saturated heterocycles. The molecule has 1 aliphatic heterocycles. The summed E-state index contributed by atoms with van der Waals surface area (Å²) in [6.45, 7) is 1.91. The van der Waals surface area contributed by atoms with E-state index in [1.54, 1.807) is 15.6 Å². The predicted molar refractivity (Wildman–Crippen MR) is 90.5 cm³/mol. The first-order valence-electron chi connectivity index (χ1n) is 9.12. The number of carbonyl (C=O) groups is 1. The number of likely N-dealkylation sites (tertiary alicyclic amines) is 1. The summed E-state index contributed by atoms with van der Waals surface area (Å²) in [6.07, 6.45) is 5.39. The molecular formula is C18H21N5O2. The summed E-state index contributed by atoms with van der Waals surface area (Å²) in [5.74, 6) is 0.833. The first-order valence-corrected chi connectivity index (χ1v) is 9.12. The lowest BCUT2D eigenvalue weighted by molar-refractivity contribution is 0.0452. The molecule has 0 unspecified atom stereocenters. The van der Waals surface area contributed by atoms with Crippen LogP contribution in [0.1, 0.15) is 52.6 Å². The van der Waals surface area contributed by atoms with Crippen LogP contribution in [0.3, 0.4) is 0 Å². The molecule has 2 aromatic heterocycles. The minimum Gasteiger partial charge on any atom is -0.336 e. The number of aromatic nitrogens is 4. The molecule has 130 valence electrons. The van der Waals surface area contributed by atoms with Crippen molar-refractivity contribution in [2.75, 3.05) is 13.1 Å². The third-order valence-corrected chi connectivity index (χ3v) is 5.53. The van der Waals surface area contributed by atoms with Gasteiger partial charge in [-0.25, -0.2) is 4.68 Å². The number of nitrogens with zero attached hydrogens (tertiary/aromatic N) is 4. The molecule has 2 fully saturated rings. The Morgan fingerprint density at radius 1 is 1.24 bits per heavy atom. The average molecular weight is 339 g/mol. The van der Waals surface area contributed by atoms with Crippen molar-refractivity contribution in [3.05, 3.63) is 45.1 Å². The molecule has 25 heavy (non-hydrogen) atoms. The zero-order chi connectivity index (χ0) is 17.0. The summed E-state index contributed by atoms with van der Waals surface area (Å²) < 4.78 is 1.58. The predicted octanol–water partition coefficient (Wildman–Crippen LogP) is 1.10. The van der Waals surface area contributed by atoms with Gasteiger partial charge in [0.15, 0.2) is 0 Å². The van der Waals surface area contributed by atoms with Crippen molar-refractivity contribution in [3.8, 4) is 0 Å². The van der Waals surface area contributed by atoms with Crippen LogP contribution in [0, 0.1) is 5.92 Å². The number of carbonyl (C=O) groups excluding carboxylic acids is 1. The first-order chi connectivity index (χ1) is 12.2. The van der Waals surface area contributed by atoms with Crippen LogP contribution in [-0.2, 0) is 19.4 Å². The molecule has 1 N–H and O–H groups in total. The van der Waals surface area contributed by atoms with E-state index in [-0.39, 0.29) is 17.4 Å². The first kappa shape index (κ1) is 14.9. The zero-order valence-corrected chi connectivity index (χ0v) is 14.1. The van der Waals surface area contributed by atoms with E-state index in [9.17, 15) is 9.59 Å². The molecule has 1 amide bonds. The molecule has 3 heterocycles. The monoisotopic (exact) mass is 339 g/mol. The molecule has 2 aliphatic carbocycles. The van der Waals surface area contributed by atoms with Gasteiger partial charge in [-0.3, -0.25) is 14.7 Å². The van der Waals surface area contributed by atoms with Gasteiger partial charge in [0.2, 0.25) is 0 Å². The maximum atomic E-state index is 12.5. The quantitative estimate of drug-likeness (QED) is 0.904. The fourth-order valence-corrected chi connectivity index (χ4v) is 3.88. The number of aromatic amines is 1. The van der Waals surface area contributed by atoms with Crippen LogP contribution in [0.4, 0.5) is 0 Å². The van der Waals surface area contributed by atoms with Crippen molar-refractivity contribution in [2.45, 2.75) is 44.6 Å². The lowest BCUT2D eigenvalue weighted by atomic mass is 9.99. The maximum absolute atomic E-state index is 12.5. The minimum atomic E-state index is -0.0215. The molecule has 2 aromatic rings. The number of hydrogen-bond donors (Lipinski definition) is 1. The molecular weight excluding hydrogens is 318 g/mol. The maximum Gasteiger partial charge on any atom is 0.274 e. The molecule has 0 bridgehead atoms. The zero-order valence-electron chi connectivity index (χ0n) is 14.1. The van der Waals surface area contributed by atoms with Crippen molar-refractivity contribution in [1.82, 2.24) is 24.9 Å². The second-order valence-corrected chi connectivity index (χ2v) is 7.55. The Morgan fingerprint density at radius 3 is 2.88 bits per heavy atom. The number of H-pyrrole nitrogens is 1. The van der Waals surface area contributed by atoms with E-state index in [1.165, 1.54) is 12.8 Å². The Kier molecular flexibility index (Phi) is 3.29. The molecule has 1 saturated carbocycles. The highest BCUT2D eigenvalue weighted by Gasteiger charge is 2.34. The Hall–Kier alpha value is -2.44. The number of rotatable bonds is 4. The minimum absolute atomic E-state index is 0.0198. The van der Waals surface area contributed by atoms with Gasteiger partial charge in [-0.2, -0.15) is 10.2 Å². The highest BCUT2D eigenvalue weighted by atomic mass is 16.2. The van der Waals surface area contributed by atoms with Crippen molar-refractivity contribution in [2.24, 2.45) is 5.92 Å². The van der Waals surface area contributed by atoms with Gasteiger partial charge in [0.25, 0.3) is 11.5 Å². The molecule has 0 atom stereocenters. The molecule has 0 spiro atoms. The van der Waals surface area contributed by atoms with Gasteiger partial charge in [0.05, 0.1) is 12.2 Å². The van der Waals surface area contributed by atoms with Crippen LogP contribution in [0.2, 0.25) is 0 Å². The lowest BCUT2D eigenvalue weighted by Gasteiger charge is -2.38. The normalized spacial score (nSPS) is 19.8. The number of fused-ring (bicyclic) bond motifs is 1. The summed E-state index contributed by atoms with van der Waals surface area (Å²) in [5, 5.41) is 11.7. The van der Waals surface area contributed by atoms with Crippen LogP contribution in [0.5, 0.6) is 0 Å². The third-order valence-electron chi connectivity index (χ3n) is 5.53. The van der Waals surface area contributed by atoms with E-state index >= 15 is 0 Å². The fraction of sp³-hybridized carbons (Fsp3) is 0.556. The van der Waals surface area contributed by atoms with Gasteiger partial charge < -0.3 is 4.90 Å². The number of nitrogens with one attached hydrogen (secondary N) is 1. The second-order valence-electron chi connectivity index (χ2n) is 7.55. The van der Waals surface area contributed by atoms with Crippen molar-refractivity contribution < 1.29 is 4.79 Å². The van der Waals surface area contributed by atoms with E-state index in [4.69, 9.17) is 0 Å². The Labute approximate surface area is 145 Å². The summed E-state index contributed by atoms with van der Waals surface area (Å²) in [4.78, 5) is 26.4. The van der Waals surface area contributed by atoms with Gasteiger partial charge in [-0.05, 0) is 43.7 Å². The fourth-order valence-electron chi connectivity index (χ4n) is 3.88. The molecule has 3 aliphatic rings. The third kappa shape index (κ3) is 2.67. The van der Waals surface area contributed by atoms with Gasteiger partial charge in [-0.15, -0.1) is 0 Å². The Balaban J connectivity index is 1.21. The Bertz CT molecular complexity index is 889. The van der Waals surface area contributed by atoms with Crippen LogP contribution < -0.4 is 5.56 Å². The number of aryl methyl sites for hydroxylation is 2. The van der Waals surface area contributed by atoms with Crippen molar-refractivity contribution in [3.63, 3.8) is 0 Å². The van der Waals surface area contributed by atoms with Crippen LogP contribution in [0.15, 0.2) is 16.9 Å². The molecule has 7 heteroatoms. The SMILES string of the molecule is O=C(c1cc(C2CC2)[nH]n1)N1CC(Cn2nc3c(cc2=O)CCC3)C1. The lowest BCUT2D eigenvalue weighted by Crippen LogP contribution is -2.52. The summed E-state index contributed by atoms with van der Waals surface area (Å²) in [7, 11) is 0. The summed E-state index contributed by atoms with van der Waals surface area (Å²) in [5.41, 5.74) is 3.74. The van der Waals surface area contributed by atoms with Crippen molar-refractivity contribution >= 4 is 5.91 Å². The van der Waals surface area contributed by atoms with Crippen LogP contribution in [-0.4, -0.2) is 43.9 Å². The molecule has 5 rings (SSSR count). The Morgan fingerprint density at radius 2 is 2.08 bits per heavy atom. The average Bonchev–Trinajstić information content (AvgIpc) is 3.12. The molecule has 0 aromatic carbocycles. The highest BCUT2D eigenvalue weighted by Crippen LogP contribution is 2.39. The van der Waals surface area contributed by atoms with E-state index < -0.39 is 0 Å². The van der Waals surface area contributed by atoms with Crippen molar-refractivity contribution in [1.29, 1.82) is 0 Å². The topological polar surface area (TPSA) is 83.9 Å². The largest absolute Gasteiger partial charge is 0.336 e. The summed E-state index contributed by atoms with van der Waals surface area (Å²) in [6, 6.07) is 3.62. The van der Waals surface area contributed by atoms with E-state index in [1.807, 2.05) is 6.07 Å². The van der Waals surface area contributed by atoms with E-state index in [2.05, 4.69) is 15.3 Å². The molecule has 7 nitrogen and oxygen atoms in total.